The van der Waals surface area contributed by atoms with Gasteiger partial charge in [0.05, 0.1) is 21.7 Å². The maximum absolute atomic E-state index is 12.7. The van der Waals surface area contributed by atoms with Crippen LogP contribution in [0.4, 0.5) is 24.5 Å². The molecule has 3 rings (SSSR count). The lowest BCUT2D eigenvalue weighted by atomic mass is 10.2. The van der Waals surface area contributed by atoms with Gasteiger partial charge in [-0.05, 0) is 24.3 Å². The Morgan fingerprint density at radius 2 is 1.83 bits per heavy atom. The predicted octanol–water partition coefficient (Wildman–Crippen LogP) is 3.69. The molecule has 0 aliphatic heterocycles. The largest absolute Gasteiger partial charge is 0.501 e. The van der Waals surface area contributed by atoms with Gasteiger partial charge in [-0.15, -0.1) is 0 Å². The Bertz CT molecular complexity index is 1140. The van der Waals surface area contributed by atoms with Crippen molar-refractivity contribution in [2.45, 2.75) is 16.9 Å². The molecule has 0 saturated heterocycles. The van der Waals surface area contributed by atoms with E-state index in [1.807, 2.05) is 30.3 Å². The number of para-hydroxylation sites is 1. The summed E-state index contributed by atoms with van der Waals surface area (Å²) in [5.74, 6) is 0. The fourth-order valence-electron chi connectivity index (χ4n) is 2.48. The Kier molecular flexibility index (Phi) is 5.29. The summed E-state index contributed by atoms with van der Waals surface area (Å²) in [7, 11) is -5.69. The van der Waals surface area contributed by atoms with E-state index in [0.717, 1.165) is 11.8 Å². The van der Waals surface area contributed by atoms with Gasteiger partial charge in [0.25, 0.3) is 15.5 Å². The Hall–Kier alpha value is -3.41. The molecule has 0 fully saturated rings. The minimum absolute atomic E-state index is 0.0824. The molecule has 3 aromatic rings. The maximum Gasteiger partial charge on any atom is 0.501 e. The number of nitrogens with one attached hydrogen (secondary N) is 1. The Labute approximate surface area is 162 Å². The minimum Gasteiger partial charge on any atom is -0.375 e. The summed E-state index contributed by atoms with van der Waals surface area (Å²) in [5.41, 5.74) is -5.02. The van der Waals surface area contributed by atoms with Crippen molar-refractivity contribution >= 4 is 21.2 Å². The molecule has 1 N–H and O–H groups in total. The highest BCUT2D eigenvalue weighted by Gasteiger charge is 2.47. The molecule has 0 unspecified atom stereocenters. The van der Waals surface area contributed by atoms with E-state index >= 15 is 0 Å². The van der Waals surface area contributed by atoms with E-state index in [-0.39, 0.29) is 12.2 Å². The van der Waals surface area contributed by atoms with Crippen molar-refractivity contribution in [1.82, 2.24) is 9.78 Å². The number of nitrogens with zero attached hydrogens (tertiary/aromatic N) is 3. The summed E-state index contributed by atoms with van der Waals surface area (Å²) in [6.07, 6.45) is 3.20. The van der Waals surface area contributed by atoms with E-state index in [2.05, 4.69) is 10.4 Å². The standard InChI is InChI=1S/C17H13F3N4O4S/c18-17(19,20)29(27,28)14-6-7-15(16(8-14)24(25)26)21-9-12-10-22-23(11-12)13-4-2-1-3-5-13/h1-8,10-11,21H,9H2. The van der Waals surface area contributed by atoms with Gasteiger partial charge in [0.2, 0.25) is 0 Å². The van der Waals surface area contributed by atoms with Crippen LogP contribution in [0.25, 0.3) is 5.69 Å². The Balaban J connectivity index is 1.83. The zero-order chi connectivity index (χ0) is 21.2. The zero-order valence-electron chi connectivity index (χ0n) is 14.5. The average Bonchev–Trinajstić information content (AvgIpc) is 3.15. The third kappa shape index (κ3) is 4.21. The van der Waals surface area contributed by atoms with Gasteiger partial charge in [-0.25, -0.2) is 13.1 Å². The molecule has 0 spiro atoms. The molecule has 0 aliphatic carbocycles. The molecule has 0 saturated carbocycles. The first-order chi connectivity index (χ1) is 13.6. The molecule has 2 aromatic carbocycles. The molecule has 0 amide bonds. The molecule has 1 aromatic heterocycles. The van der Waals surface area contributed by atoms with Crippen molar-refractivity contribution in [3.63, 3.8) is 0 Å². The minimum atomic E-state index is -5.69. The second kappa shape index (κ2) is 7.54. The summed E-state index contributed by atoms with van der Waals surface area (Å²) in [6.45, 7) is 0.0824. The lowest BCUT2D eigenvalue weighted by Gasteiger charge is -2.10. The molecule has 152 valence electrons. The highest BCUT2D eigenvalue weighted by molar-refractivity contribution is 7.92. The van der Waals surface area contributed by atoms with Gasteiger partial charge in [-0.1, -0.05) is 18.2 Å². The lowest BCUT2D eigenvalue weighted by molar-refractivity contribution is -0.384. The summed E-state index contributed by atoms with van der Waals surface area (Å²) in [4.78, 5) is 9.08. The second-order valence-corrected chi connectivity index (χ2v) is 7.81. The molecule has 0 bridgehead atoms. The number of nitro benzene ring substituents is 1. The normalized spacial score (nSPS) is 12.0. The first-order valence-electron chi connectivity index (χ1n) is 8.02. The van der Waals surface area contributed by atoms with E-state index in [1.165, 1.54) is 6.20 Å². The average molecular weight is 426 g/mol. The first kappa shape index (κ1) is 20.3. The summed E-state index contributed by atoms with van der Waals surface area (Å²) < 4.78 is 62.6. The van der Waals surface area contributed by atoms with E-state index in [1.54, 1.807) is 10.9 Å². The number of hydrogen-bond donors (Lipinski definition) is 1. The number of sulfone groups is 1. The van der Waals surface area contributed by atoms with Gasteiger partial charge in [-0.3, -0.25) is 10.1 Å². The molecule has 1 heterocycles. The van der Waals surface area contributed by atoms with Gasteiger partial charge < -0.3 is 5.32 Å². The van der Waals surface area contributed by atoms with Crippen LogP contribution < -0.4 is 5.32 Å². The highest BCUT2D eigenvalue weighted by Crippen LogP contribution is 2.34. The van der Waals surface area contributed by atoms with E-state index in [9.17, 15) is 31.7 Å². The van der Waals surface area contributed by atoms with Crippen LogP contribution in [0.2, 0.25) is 0 Å². The quantitative estimate of drug-likeness (QED) is 0.476. The molecular weight excluding hydrogens is 413 g/mol. The molecule has 0 radical (unpaired) electrons. The highest BCUT2D eigenvalue weighted by atomic mass is 32.2. The topological polar surface area (TPSA) is 107 Å². The van der Waals surface area contributed by atoms with Crippen LogP contribution in [-0.4, -0.2) is 28.6 Å². The van der Waals surface area contributed by atoms with Crippen molar-refractivity contribution in [2.75, 3.05) is 5.32 Å². The second-order valence-electron chi connectivity index (χ2n) is 5.87. The van der Waals surface area contributed by atoms with Crippen molar-refractivity contribution < 1.29 is 26.5 Å². The lowest BCUT2D eigenvalue weighted by Crippen LogP contribution is -2.23. The molecule has 8 nitrogen and oxygen atoms in total. The van der Waals surface area contributed by atoms with Crippen LogP contribution in [0.15, 0.2) is 65.8 Å². The molecular formula is C17H13F3N4O4S. The first-order valence-corrected chi connectivity index (χ1v) is 9.50. The van der Waals surface area contributed by atoms with Crippen LogP contribution in [0.3, 0.4) is 0 Å². The van der Waals surface area contributed by atoms with Crippen LogP contribution in [0, 0.1) is 10.1 Å². The van der Waals surface area contributed by atoms with Gasteiger partial charge in [-0.2, -0.15) is 18.3 Å². The fraction of sp³-hybridized carbons (Fsp3) is 0.118. The number of aromatic nitrogens is 2. The van der Waals surface area contributed by atoms with Crippen LogP contribution in [0.5, 0.6) is 0 Å². The van der Waals surface area contributed by atoms with Crippen LogP contribution in [-0.2, 0) is 16.4 Å². The number of halogens is 3. The van der Waals surface area contributed by atoms with Crippen molar-refractivity contribution in [3.8, 4) is 5.69 Å². The summed E-state index contributed by atoms with van der Waals surface area (Å²) >= 11 is 0. The van der Waals surface area contributed by atoms with Crippen molar-refractivity contribution in [2.24, 2.45) is 0 Å². The number of nitro groups is 1. The third-order valence-electron chi connectivity index (χ3n) is 3.92. The fourth-order valence-corrected chi connectivity index (χ4v) is 3.26. The molecule has 29 heavy (non-hydrogen) atoms. The summed E-state index contributed by atoms with van der Waals surface area (Å²) in [6, 6.07) is 11.1. The number of alkyl halides is 3. The van der Waals surface area contributed by atoms with Gasteiger partial charge in [0, 0.05) is 24.4 Å². The third-order valence-corrected chi connectivity index (χ3v) is 5.40. The predicted molar refractivity (Wildman–Crippen MR) is 97.2 cm³/mol. The summed E-state index contributed by atoms with van der Waals surface area (Å²) in [5, 5.41) is 18.1. The number of hydrogen-bond acceptors (Lipinski definition) is 6. The monoisotopic (exact) mass is 426 g/mol. The number of rotatable bonds is 6. The van der Waals surface area contributed by atoms with Gasteiger partial charge in [0.1, 0.15) is 5.69 Å². The van der Waals surface area contributed by atoms with Crippen molar-refractivity contribution in [1.29, 1.82) is 0 Å². The Morgan fingerprint density at radius 1 is 1.14 bits per heavy atom. The van der Waals surface area contributed by atoms with E-state index in [0.29, 0.717) is 17.7 Å². The van der Waals surface area contributed by atoms with Crippen LogP contribution >= 0.6 is 0 Å². The van der Waals surface area contributed by atoms with Gasteiger partial charge >= 0.3 is 5.51 Å². The molecule has 0 aliphatic rings. The van der Waals surface area contributed by atoms with E-state index < -0.39 is 30.9 Å². The smallest absolute Gasteiger partial charge is 0.375 e. The molecule has 0 atom stereocenters. The SMILES string of the molecule is O=[N+]([O-])c1cc(S(=O)(=O)C(F)(F)F)ccc1NCc1cnn(-c2ccccc2)c1. The molecule has 12 heteroatoms. The van der Waals surface area contributed by atoms with Crippen LogP contribution in [0.1, 0.15) is 5.56 Å². The zero-order valence-corrected chi connectivity index (χ0v) is 15.3. The maximum atomic E-state index is 12.7. The number of benzene rings is 2. The number of anilines is 1. The van der Waals surface area contributed by atoms with E-state index in [4.69, 9.17) is 0 Å². The van der Waals surface area contributed by atoms with Crippen molar-refractivity contribution in [3.05, 3.63) is 76.6 Å². The Morgan fingerprint density at radius 3 is 2.45 bits per heavy atom. The van der Waals surface area contributed by atoms with Gasteiger partial charge in [0.15, 0.2) is 0 Å².